The Hall–Kier alpha value is -3.31. The lowest BCUT2D eigenvalue weighted by atomic mass is 9.97. The third-order valence-corrected chi connectivity index (χ3v) is 7.48. The SMILES string of the molecule is Cc1nc(C)c(C(=O)N2CCC(c3nc(C(=O)NNC(=O)COc4ccccc4)cs3)CC2)s1. The van der Waals surface area contributed by atoms with Gasteiger partial charge in [0.25, 0.3) is 17.7 Å². The molecule has 4 rings (SSSR count). The minimum Gasteiger partial charge on any atom is -0.484 e. The summed E-state index contributed by atoms with van der Waals surface area (Å²) in [5.74, 6) is -0.171. The van der Waals surface area contributed by atoms with Crippen molar-refractivity contribution in [2.45, 2.75) is 32.6 Å². The van der Waals surface area contributed by atoms with E-state index in [9.17, 15) is 14.4 Å². The monoisotopic (exact) mass is 499 g/mol. The molecule has 9 nitrogen and oxygen atoms in total. The van der Waals surface area contributed by atoms with Gasteiger partial charge in [0.05, 0.1) is 15.7 Å². The van der Waals surface area contributed by atoms with Crippen LogP contribution in [0, 0.1) is 13.8 Å². The van der Waals surface area contributed by atoms with E-state index < -0.39 is 11.8 Å². The van der Waals surface area contributed by atoms with Crippen LogP contribution in [0.3, 0.4) is 0 Å². The lowest BCUT2D eigenvalue weighted by Crippen LogP contribution is -2.44. The van der Waals surface area contributed by atoms with Crippen molar-refractivity contribution < 1.29 is 19.1 Å². The summed E-state index contributed by atoms with van der Waals surface area (Å²) in [5.41, 5.74) is 5.73. The number of thiazole rings is 2. The predicted octanol–water partition coefficient (Wildman–Crippen LogP) is 3.08. The summed E-state index contributed by atoms with van der Waals surface area (Å²) in [7, 11) is 0. The number of aryl methyl sites for hydroxylation is 2. The minimum absolute atomic E-state index is 0.0349. The van der Waals surface area contributed by atoms with E-state index in [0.29, 0.717) is 23.7 Å². The van der Waals surface area contributed by atoms with Gasteiger partial charge in [0.15, 0.2) is 6.61 Å². The number of hydrogen-bond donors (Lipinski definition) is 2. The predicted molar refractivity (Wildman–Crippen MR) is 129 cm³/mol. The van der Waals surface area contributed by atoms with Crippen LogP contribution in [0.15, 0.2) is 35.7 Å². The van der Waals surface area contributed by atoms with Gasteiger partial charge < -0.3 is 9.64 Å². The molecule has 1 aliphatic rings. The van der Waals surface area contributed by atoms with E-state index in [1.165, 1.54) is 22.7 Å². The normalized spacial score (nSPS) is 14.0. The molecular formula is C23H25N5O4S2. The third kappa shape index (κ3) is 5.78. The zero-order valence-corrected chi connectivity index (χ0v) is 20.5. The van der Waals surface area contributed by atoms with Gasteiger partial charge in [0.2, 0.25) is 0 Å². The quantitative estimate of drug-likeness (QED) is 0.504. The number of nitrogens with zero attached hydrogens (tertiary/aromatic N) is 3. The van der Waals surface area contributed by atoms with Gasteiger partial charge in [-0.25, -0.2) is 9.97 Å². The fraction of sp³-hybridized carbons (Fsp3) is 0.348. The Morgan fingerprint density at radius 3 is 2.50 bits per heavy atom. The fourth-order valence-corrected chi connectivity index (χ4v) is 5.53. The molecule has 11 heteroatoms. The highest BCUT2D eigenvalue weighted by Crippen LogP contribution is 2.31. The molecule has 2 N–H and O–H groups in total. The maximum absolute atomic E-state index is 12.8. The van der Waals surface area contributed by atoms with E-state index in [4.69, 9.17) is 4.74 Å². The topological polar surface area (TPSA) is 114 Å². The number of piperidine rings is 1. The number of aromatic nitrogens is 2. The number of carbonyl (C=O) groups excluding carboxylic acids is 3. The highest BCUT2D eigenvalue weighted by molar-refractivity contribution is 7.13. The van der Waals surface area contributed by atoms with Crippen molar-refractivity contribution in [1.82, 2.24) is 25.7 Å². The van der Waals surface area contributed by atoms with Gasteiger partial charge in [-0.2, -0.15) is 0 Å². The van der Waals surface area contributed by atoms with Crippen molar-refractivity contribution in [3.8, 4) is 5.75 Å². The summed E-state index contributed by atoms with van der Waals surface area (Å²) in [6.07, 6.45) is 1.56. The summed E-state index contributed by atoms with van der Waals surface area (Å²) >= 11 is 2.85. The first-order valence-electron chi connectivity index (χ1n) is 10.9. The molecule has 1 fully saturated rings. The van der Waals surface area contributed by atoms with Gasteiger partial charge in [0.1, 0.15) is 16.3 Å². The van der Waals surface area contributed by atoms with Gasteiger partial charge >= 0.3 is 0 Å². The Morgan fingerprint density at radius 2 is 1.82 bits per heavy atom. The fourth-order valence-electron chi connectivity index (χ4n) is 3.67. The van der Waals surface area contributed by atoms with E-state index in [2.05, 4.69) is 20.8 Å². The smallest absolute Gasteiger partial charge is 0.289 e. The van der Waals surface area contributed by atoms with Crippen molar-refractivity contribution in [1.29, 1.82) is 0 Å². The van der Waals surface area contributed by atoms with E-state index in [0.717, 1.165) is 28.6 Å². The molecule has 1 aliphatic heterocycles. The molecule has 0 saturated carbocycles. The minimum atomic E-state index is -0.487. The van der Waals surface area contributed by atoms with Crippen LogP contribution in [0.25, 0.3) is 0 Å². The van der Waals surface area contributed by atoms with Crippen LogP contribution in [-0.2, 0) is 4.79 Å². The molecule has 3 heterocycles. The van der Waals surface area contributed by atoms with Crippen LogP contribution in [0.1, 0.15) is 54.6 Å². The number of hydrazine groups is 1. The first-order valence-corrected chi connectivity index (χ1v) is 12.6. The second-order valence-corrected chi connectivity index (χ2v) is 9.98. The van der Waals surface area contributed by atoms with Gasteiger partial charge in [-0.1, -0.05) is 18.2 Å². The first-order chi connectivity index (χ1) is 16.4. The standard InChI is InChI=1S/C23H25N5O4S2/c1-14-20(34-15(2)24-14)23(31)28-10-8-16(9-11-28)22-25-18(13-33-22)21(30)27-26-19(29)12-32-17-6-4-3-5-7-17/h3-7,13,16H,8-12H2,1-2H3,(H,26,29)(H,27,30). The van der Waals surface area contributed by atoms with Crippen LogP contribution in [0.2, 0.25) is 0 Å². The average molecular weight is 500 g/mol. The maximum atomic E-state index is 12.8. The van der Waals surface area contributed by atoms with Crippen molar-refractivity contribution >= 4 is 40.4 Å². The average Bonchev–Trinajstić information content (AvgIpc) is 3.48. The molecule has 0 unspecified atom stereocenters. The lowest BCUT2D eigenvalue weighted by Gasteiger charge is -2.30. The molecule has 2 aromatic heterocycles. The van der Waals surface area contributed by atoms with E-state index >= 15 is 0 Å². The number of carbonyl (C=O) groups is 3. The zero-order valence-electron chi connectivity index (χ0n) is 18.9. The van der Waals surface area contributed by atoms with Crippen molar-refractivity contribution in [2.24, 2.45) is 0 Å². The highest BCUT2D eigenvalue weighted by atomic mass is 32.1. The molecule has 3 aromatic rings. The van der Waals surface area contributed by atoms with Gasteiger partial charge in [0, 0.05) is 24.4 Å². The summed E-state index contributed by atoms with van der Waals surface area (Å²) < 4.78 is 5.34. The third-order valence-electron chi connectivity index (χ3n) is 5.41. The Balaban J connectivity index is 1.24. The number of likely N-dealkylation sites (tertiary alicyclic amines) is 1. The Kier molecular flexibility index (Phi) is 7.53. The van der Waals surface area contributed by atoms with Gasteiger partial charge in [-0.3, -0.25) is 25.2 Å². The van der Waals surface area contributed by atoms with E-state index in [-0.39, 0.29) is 24.1 Å². The molecule has 0 bridgehead atoms. The van der Waals surface area contributed by atoms with Crippen LogP contribution in [0.4, 0.5) is 0 Å². The Labute approximate surface area is 205 Å². The van der Waals surface area contributed by atoms with Gasteiger partial charge in [-0.15, -0.1) is 22.7 Å². The zero-order chi connectivity index (χ0) is 24.1. The highest BCUT2D eigenvalue weighted by Gasteiger charge is 2.28. The molecule has 0 atom stereocenters. The molecular weight excluding hydrogens is 474 g/mol. The van der Waals surface area contributed by atoms with Crippen molar-refractivity contribution in [2.75, 3.05) is 19.7 Å². The number of para-hydroxylation sites is 1. The van der Waals surface area contributed by atoms with Crippen LogP contribution >= 0.6 is 22.7 Å². The van der Waals surface area contributed by atoms with Gasteiger partial charge in [-0.05, 0) is 38.8 Å². The molecule has 3 amide bonds. The van der Waals surface area contributed by atoms with E-state index in [1.807, 2.05) is 24.8 Å². The molecule has 0 spiro atoms. The Bertz CT molecular complexity index is 1170. The molecule has 1 aromatic carbocycles. The van der Waals surface area contributed by atoms with Crippen molar-refractivity contribution in [3.05, 3.63) is 62.0 Å². The van der Waals surface area contributed by atoms with Crippen LogP contribution < -0.4 is 15.6 Å². The lowest BCUT2D eigenvalue weighted by molar-refractivity contribution is -0.123. The summed E-state index contributed by atoms with van der Waals surface area (Å²) in [5, 5.41) is 3.43. The van der Waals surface area contributed by atoms with E-state index in [1.54, 1.807) is 29.6 Å². The Morgan fingerprint density at radius 1 is 1.09 bits per heavy atom. The molecule has 0 radical (unpaired) electrons. The summed E-state index contributed by atoms with van der Waals surface area (Å²) in [4.78, 5) is 48.5. The largest absolute Gasteiger partial charge is 0.484 e. The van der Waals surface area contributed by atoms with Crippen LogP contribution in [-0.4, -0.2) is 52.3 Å². The number of ether oxygens (including phenoxy) is 1. The second kappa shape index (κ2) is 10.7. The molecule has 0 aliphatic carbocycles. The number of nitrogens with one attached hydrogen (secondary N) is 2. The second-order valence-electron chi connectivity index (χ2n) is 7.89. The van der Waals surface area contributed by atoms with Crippen molar-refractivity contribution in [3.63, 3.8) is 0 Å². The molecule has 1 saturated heterocycles. The first kappa shape index (κ1) is 23.8. The number of benzene rings is 1. The number of hydrogen-bond acceptors (Lipinski definition) is 8. The molecule has 178 valence electrons. The number of amides is 3. The molecule has 34 heavy (non-hydrogen) atoms. The maximum Gasteiger partial charge on any atom is 0.289 e. The summed E-state index contributed by atoms with van der Waals surface area (Å²) in [6.45, 7) is 4.83. The number of rotatable bonds is 6. The summed E-state index contributed by atoms with van der Waals surface area (Å²) in [6, 6.07) is 8.94. The van der Waals surface area contributed by atoms with Crippen LogP contribution in [0.5, 0.6) is 5.75 Å².